The fraction of sp³-hybridized carbons (Fsp3) is 0.143. The quantitative estimate of drug-likeness (QED) is 0.332. The summed E-state index contributed by atoms with van der Waals surface area (Å²) in [6.07, 6.45) is 1.61. The molecule has 4 aromatic rings. The zero-order valence-corrected chi connectivity index (χ0v) is 17.5. The van der Waals surface area contributed by atoms with Gasteiger partial charge in [0.15, 0.2) is 5.75 Å². The van der Waals surface area contributed by atoms with E-state index in [0.29, 0.717) is 16.9 Å². The Hall–Kier alpha value is -2.84. The lowest BCUT2D eigenvalue weighted by atomic mass is 10.2. The molecule has 5 nitrogen and oxygen atoms in total. The van der Waals surface area contributed by atoms with Crippen molar-refractivity contribution in [3.63, 3.8) is 0 Å². The molecule has 0 saturated carbocycles. The van der Waals surface area contributed by atoms with Crippen LogP contribution in [0.25, 0.3) is 16.6 Å². The zero-order chi connectivity index (χ0) is 21.3. The van der Waals surface area contributed by atoms with Crippen LogP contribution in [0.5, 0.6) is 11.5 Å². The van der Waals surface area contributed by atoms with Gasteiger partial charge in [-0.05, 0) is 43.3 Å². The molecule has 0 atom stereocenters. The van der Waals surface area contributed by atoms with Crippen LogP contribution in [0.15, 0.2) is 64.5 Å². The normalized spacial score (nSPS) is 11.3. The van der Waals surface area contributed by atoms with E-state index in [0.717, 1.165) is 20.9 Å². The molecule has 0 bridgehead atoms. The van der Waals surface area contributed by atoms with Gasteiger partial charge < -0.3 is 9.47 Å². The number of fused-ring (bicyclic) bond motifs is 1. The maximum atomic E-state index is 13.0. The van der Waals surface area contributed by atoms with E-state index in [-0.39, 0.29) is 10.9 Å². The Labute approximate surface area is 180 Å². The fourth-order valence-corrected chi connectivity index (χ4v) is 4.09. The van der Waals surface area contributed by atoms with E-state index in [1.54, 1.807) is 36.2 Å². The molecule has 9 heteroatoms. The Bertz CT molecular complexity index is 1220. The van der Waals surface area contributed by atoms with Crippen molar-refractivity contribution in [2.24, 2.45) is 0 Å². The van der Waals surface area contributed by atoms with E-state index in [2.05, 4.69) is 10.1 Å². The Kier molecular flexibility index (Phi) is 5.78. The van der Waals surface area contributed by atoms with Crippen molar-refractivity contribution in [2.75, 3.05) is 7.11 Å². The first-order valence-corrected chi connectivity index (χ1v) is 10.1. The van der Waals surface area contributed by atoms with E-state index in [1.165, 1.54) is 17.8 Å². The summed E-state index contributed by atoms with van der Waals surface area (Å²) in [5.74, 6) is 0.742. The number of hydrogen-bond donors (Lipinski definition) is 0. The van der Waals surface area contributed by atoms with Gasteiger partial charge in [-0.25, -0.2) is 9.67 Å². The van der Waals surface area contributed by atoms with Gasteiger partial charge in [0, 0.05) is 27.4 Å². The third-order valence-corrected chi connectivity index (χ3v) is 5.55. The molecule has 30 heavy (non-hydrogen) atoms. The van der Waals surface area contributed by atoms with Crippen molar-refractivity contribution in [2.45, 2.75) is 23.3 Å². The molecule has 2 heterocycles. The molecule has 0 saturated heterocycles. The largest absolute Gasteiger partial charge is 0.497 e. The van der Waals surface area contributed by atoms with Crippen molar-refractivity contribution in [1.82, 2.24) is 14.8 Å². The lowest BCUT2D eigenvalue weighted by Gasteiger charge is -2.13. The third-order valence-electron chi connectivity index (χ3n) is 4.37. The molecule has 0 unspecified atom stereocenters. The second-order valence-corrected chi connectivity index (χ2v) is 7.84. The third kappa shape index (κ3) is 4.20. The molecule has 0 spiro atoms. The minimum absolute atomic E-state index is 0.0114. The van der Waals surface area contributed by atoms with Crippen LogP contribution in [0.4, 0.5) is 8.78 Å². The summed E-state index contributed by atoms with van der Waals surface area (Å²) < 4.78 is 37.6. The van der Waals surface area contributed by atoms with Crippen molar-refractivity contribution in [1.29, 1.82) is 0 Å². The second kappa shape index (κ2) is 8.49. The lowest BCUT2D eigenvalue weighted by molar-refractivity contribution is -0.0499. The molecule has 154 valence electrons. The molecule has 0 radical (unpaired) electrons. The molecular weight excluding hydrogens is 432 g/mol. The average molecular weight is 448 g/mol. The Morgan fingerprint density at radius 3 is 2.67 bits per heavy atom. The van der Waals surface area contributed by atoms with Crippen LogP contribution in [0.1, 0.15) is 5.69 Å². The first-order valence-electron chi connectivity index (χ1n) is 8.86. The van der Waals surface area contributed by atoms with Crippen molar-refractivity contribution >= 4 is 34.3 Å². The summed E-state index contributed by atoms with van der Waals surface area (Å²) in [4.78, 5) is 5.84. The summed E-state index contributed by atoms with van der Waals surface area (Å²) in [5.41, 5.74) is 1.72. The first-order chi connectivity index (χ1) is 14.4. The Morgan fingerprint density at radius 2 is 1.90 bits per heavy atom. The lowest BCUT2D eigenvalue weighted by Crippen LogP contribution is -2.07. The van der Waals surface area contributed by atoms with Gasteiger partial charge in [0.25, 0.3) is 0 Å². The van der Waals surface area contributed by atoms with Crippen LogP contribution in [-0.4, -0.2) is 28.5 Å². The maximum Gasteiger partial charge on any atom is 0.387 e. The van der Waals surface area contributed by atoms with Gasteiger partial charge in [-0.3, -0.25) is 0 Å². The highest BCUT2D eigenvalue weighted by atomic mass is 35.5. The smallest absolute Gasteiger partial charge is 0.387 e. The van der Waals surface area contributed by atoms with E-state index < -0.39 is 6.61 Å². The molecule has 0 aliphatic carbocycles. The number of alkyl halides is 2. The van der Waals surface area contributed by atoms with Crippen LogP contribution in [-0.2, 0) is 0 Å². The van der Waals surface area contributed by atoms with Crippen molar-refractivity contribution in [3.8, 4) is 17.2 Å². The Balaban J connectivity index is 1.82. The zero-order valence-electron chi connectivity index (χ0n) is 16.0. The number of pyridine rings is 1. The highest BCUT2D eigenvalue weighted by Crippen LogP contribution is 2.36. The standard InChI is InChI=1S/C21H16ClF2N3O2S/c1-12-16-11-25-20(22)10-17(16)27(26-12)18-9-15(6-7-19(18)29-21(23)24)30-14-5-3-4-13(8-14)28-2/h3-11,21H,1-2H3. The Morgan fingerprint density at radius 1 is 1.10 bits per heavy atom. The number of benzene rings is 2. The van der Waals surface area contributed by atoms with Gasteiger partial charge in [0.05, 0.1) is 18.3 Å². The molecule has 0 amide bonds. The molecule has 0 fully saturated rings. The maximum absolute atomic E-state index is 13.0. The van der Waals surface area contributed by atoms with Gasteiger partial charge in [-0.2, -0.15) is 13.9 Å². The minimum Gasteiger partial charge on any atom is -0.497 e. The number of aryl methyl sites for hydroxylation is 1. The molecule has 4 rings (SSSR count). The summed E-state index contributed by atoms with van der Waals surface area (Å²) >= 11 is 7.53. The number of hydrogen-bond acceptors (Lipinski definition) is 5. The van der Waals surface area contributed by atoms with E-state index in [9.17, 15) is 8.78 Å². The molecular formula is C21H16ClF2N3O2S. The SMILES string of the molecule is COc1cccc(Sc2ccc(OC(F)F)c(-n3nc(C)c4cnc(Cl)cc43)c2)c1. The van der Waals surface area contributed by atoms with Crippen LogP contribution in [0, 0.1) is 6.92 Å². The summed E-state index contributed by atoms with van der Waals surface area (Å²) in [5, 5.41) is 5.56. The number of halogens is 3. The average Bonchev–Trinajstić information content (AvgIpc) is 3.04. The van der Waals surface area contributed by atoms with E-state index >= 15 is 0 Å². The topological polar surface area (TPSA) is 49.2 Å². The van der Waals surface area contributed by atoms with Crippen LogP contribution < -0.4 is 9.47 Å². The van der Waals surface area contributed by atoms with Crippen LogP contribution in [0.3, 0.4) is 0 Å². The number of rotatable bonds is 6. The minimum atomic E-state index is -2.96. The highest BCUT2D eigenvalue weighted by Gasteiger charge is 2.17. The molecule has 0 N–H and O–H groups in total. The van der Waals surface area contributed by atoms with Crippen LogP contribution >= 0.6 is 23.4 Å². The van der Waals surface area contributed by atoms with E-state index in [1.807, 2.05) is 31.2 Å². The molecule has 2 aromatic carbocycles. The monoisotopic (exact) mass is 447 g/mol. The van der Waals surface area contributed by atoms with Gasteiger partial charge in [0.2, 0.25) is 0 Å². The number of methoxy groups -OCH3 is 1. The highest BCUT2D eigenvalue weighted by molar-refractivity contribution is 7.99. The fourth-order valence-electron chi connectivity index (χ4n) is 3.04. The number of nitrogens with zero attached hydrogens (tertiary/aromatic N) is 3. The number of aromatic nitrogens is 3. The van der Waals surface area contributed by atoms with Gasteiger partial charge in [-0.1, -0.05) is 29.4 Å². The molecule has 2 aromatic heterocycles. The van der Waals surface area contributed by atoms with Gasteiger partial charge >= 0.3 is 6.61 Å². The van der Waals surface area contributed by atoms with Crippen LogP contribution in [0.2, 0.25) is 5.15 Å². The number of ether oxygens (including phenoxy) is 2. The predicted molar refractivity (Wildman–Crippen MR) is 112 cm³/mol. The summed E-state index contributed by atoms with van der Waals surface area (Å²) in [7, 11) is 1.60. The second-order valence-electron chi connectivity index (χ2n) is 6.31. The van der Waals surface area contributed by atoms with Gasteiger partial charge in [0.1, 0.15) is 16.6 Å². The summed E-state index contributed by atoms with van der Waals surface area (Å²) in [6, 6.07) is 14.2. The van der Waals surface area contributed by atoms with Gasteiger partial charge in [-0.15, -0.1) is 0 Å². The van der Waals surface area contributed by atoms with Crippen molar-refractivity contribution in [3.05, 3.63) is 65.6 Å². The first kappa shape index (κ1) is 20.4. The molecule has 0 aliphatic heterocycles. The predicted octanol–water partition coefficient (Wildman–Crippen LogP) is 6.14. The summed E-state index contributed by atoms with van der Waals surface area (Å²) in [6.45, 7) is -1.15. The van der Waals surface area contributed by atoms with Crippen molar-refractivity contribution < 1.29 is 18.3 Å². The molecule has 0 aliphatic rings. The van der Waals surface area contributed by atoms with E-state index in [4.69, 9.17) is 21.1 Å².